The summed E-state index contributed by atoms with van der Waals surface area (Å²) in [4.78, 5) is 35.8. The van der Waals surface area contributed by atoms with Gasteiger partial charge in [0.25, 0.3) is 0 Å². The number of hydrogen-bond acceptors (Lipinski definition) is 9. The molecule has 1 N–H and O–H groups in total. The van der Waals surface area contributed by atoms with Crippen molar-refractivity contribution in [3.63, 3.8) is 0 Å². The maximum absolute atomic E-state index is 13.0. The summed E-state index contributed by atoms with van der Waals surface area (Å²) in [5, 5.41) is 14.9. The summed E-state index contributed by atoms with van der Waals surface area (Å²) in [6.45, 7) is 6.87. The minimum atomic E-state index is -0.850. The molecule has 31 heavy (non-hydrogen) atoms. The van der Waals surface area contributed by atoms with Gasteiger partial charge in [-0.15, -0.1) is 0 Å². The number of rotatable bonds is 11. The van der Waals surface area contributed by atoms with Crippen molar-refractivity contribution in [3.8, 4) is 5.75 Å². The lowest BCUT2D eigenvalue weighted by Crippen LogP contribution is -2.43. The number of amides is 2. The Bertz CT molecular complexity index is 685. The first-order valence-electron chi connectivity index (χ1n) is 9.97. The standard InChI is InChI=1S/C20H30N2O9/c1-20(2,3)28-19(24)21-17(18(23)22-11-5-6-12-22)15-7-9-16(10-8-15)26-13-14-27-30-31-29-25-4/h7-10,17H,5-6,11-14H2,1-4H3,(H,21,24). The third-order valence-electron chi connectivity index (χ3n) is 4.15. The van der Waals surface area contributed by atoms with Gasteiger partial charge in [0.05, 0.1) is 7.11 Å². The summed E-state index contributed by atoms with van der Waals surface area (Å²) in [6, 6.07) is 5.98. The largest absolute Gasteiger partial charge is 0.491 e. The molecule has 2 rings (SSSR count). The molecule has 0 bridgehead atoms. The molecule has 1 aliphatic heterocycles. The van der Waals surface area contributed by atoms with Crippen molar-refractivity contribution in [1.82, 2.24) is 10.2 Å². The molecule has 1 aromatic rings. The van der Waals surface area contributed by atoms with Crippen LogP contribution < -0.4 is 10.1 Å². The lowest BCUT2D eigenvalue weighted by molar-refractivity contribution is -0.705. The van der Waals surface area contributed by atoms with Crippen LogP contribution in [0.15, 0.2) is 24.3 Å². The van der Waals surface area contributed by atoms with Crippen LogP contribution in [0.3, 0.4) is 0 Å². The molecule has 0 spiro atoms. The van der Waals surface area contributed by atoms with E-state index in [1.807, 2.05) is 0 Å². The first-order chi connectivity index (χ1) is 14.8. The Kier molecular flexibility index (Phi) is 9.95. The molecule has 1 heterocycles. The van der Waals surface area contributed by atoms with Crippen LogP contribution in [0, 0.1) is 0 Å². The Morgan fingerprint density at radius 1 is 1.03 bits per heavy atom. The van der Waals surface area contributed by atoms with Crippen molar-refractivity contribution in [1.29, 1.82) is 0 Å². The molecular formula is C20H30N2O9. The Labute approximate surface area is 181 Å². The number of nitrogens with zero attached hydrogens (tertiary/aromatic N) is 1. The van der Waals surface area contributed by atoms with Crippen molar-refractivity contribution in [2.75, 3.05) is 33.4 Å². The first kappa shape index (κ1) is 24.8. The number of carbonyl (C=O) groups excluding carboxylic acids is 2. The highest BCUT2D eigenvalue weighted by Gasteiger charge is 2.30. The number of likely N-dealkylation sites (tertiary alicyclic amines) is 1. The van der Waals surface area contributed by atoms with Crippen LogP contribution in [0.2, 0.25) is 0 Å². The second-order valence-corrected chi connectivity index (χ2v) is 7.72. The van der Waals surface area contributed by atoms with Gasteiger partial charge in [-0.05, 0) is 66.4 Å². The number of hydrogen-bond donors (Lipinski definition) is 1. The van der Waals surface area contributed by atoms with E-state index in [0.717, 1.165) is 12.8 Å². The smallest absolute Gasteiger partial charge is 0.408 e. The van der Waals surface area contributed by atoms with Crippen molar-refractivity contribution in [2.24, 2.45) is 0 Å². The highest BCUT2D eigenvalue weighted by molar-refractivity contribution is 5.87. The lowest BCUT2D eigenvalue weighted by Gasteiger charge is -2.26. The lowest BCUT2D eigenvalue weighted by atomic mass is 10.1. The SMILES string of the molecule is COOOOOCCOc1ccc(C(NC(=O)OC(C)(C)C)C(=O)N2CCCC2)cc1. The van der Waals surface area contributed by atoms with Gasteiger partial charge in [-0.2, -0.15) is 0 Å². The van der Waals surface area contributed by atoms with Crippen LogP contribution in [0.25, 0.3) is 0 Å². The Hall–Kier alpha value is -2.44. The van der Waals surface area contributed by atoms with Crippen molar-refractivity contribution in [2.45, 2.75) is 45.3 Å². The van der Waals surface area contributed by atoms with E-state index in [2.05, 4.69) is 30.2 Å². The zero-order valence-electron chi connectivity index (χ0n) is 18.3. The van der Waals surface area contributed by atoms with Gasteiger partial charge < -0.3 is 19.7 Å². The molecule has 1 fully saturated rings. The fraction of sp³-hybridized carbons (Fsp3) is 0.600. The molecule has 1 atom stereocenters. The topological polar surface area (TPSA) is 114 Å². The quantitative estimate of drug-likeness (QED) is 0.314. The van der Waals surface area contributed by atoms with Gasteiger partial charge in [-0.25, -0.2) is 14.6 Å². The van der Waals surface area contributed by atoms with Crippen LogP contribution in [0.5, 0.6) is 5.75 Å². The van der Waals surface area contributed by atoms with Gasteiger partial charge in [0.1, 0.15) is 30.6 Å². The van der Waals surface area contributed by atoms with Crippen LogP contribution in [0.1, 0.15) is 45.2 Å². The number of nitrogens with one attached hydrogen (secondary N) is 1. The number of benzene rings is 1. The minimum absolute atomic E-state index is 0.0606. The summed E-state index contributed by atoms with van der Waals surface area (Å²) in [5.74, 6) is 0.381. The third-order valence-corrected chi connectivity index (χ3v) is 4.15. The second kappa shape index (κ2) is 12.4. The first-order valence-corrected chi connectivity index (χ1v) is 9.97. The van der Waals surface area contributed by atoms with Crippen LogP contribution in [-0.4, -0.2) is 55.9 Å². The predicted octanol–water partition coefficient (Wildman–Crippen LogP) is 2.63. The molecule has 11 heteroatoms. The number of alkyl carbamates (subject to hydrolysis) is 1. The zero-order chi connectivity index (χ0) is 22.7. The molecule has 11 nitrogen and oxygen atoms in total. The third kappa shape index (κ3) is 9.07. The molecule has 1 saturated heterocycles. The van der Waals surface area contributed by atoms with E-state index in [-0.39, 0.29) is 19.1 Å². The molecule has 0 radical (unpaired) electrons. The number of carbonyl (C=O) groups is 2. The summed E-state index contributed by atoms with van der Waals surface area (Å²) in [6.07, 6.45) is 1.25. The average molecular weight is 442 g/mol. The van der Waals surface area contributed by atoms with Gasteiger partial charge >= 0.3 is 6.09 Å². The highest BCUT2D eigenvalue weighted by atomic mass is 17.8. The van der Waals surface area contributed by atoms with Crippen molar-refractivity contribution in [3.05, 3.63) is 29.8 Å². The van der Waals surface area contributed by atoms with Gasteiger partial charge in [0.2, 0.25) is 5.91 Å². The summed E-state index contributed by atoms with van der Waals surface area (Å²) in [5.41, 5.74) is -0.0463. The maximum Gasteiger partial charge on any atom is 0.408 e. The molecule has 0 aliphatic carbocycles. The van der Waals surface area contributed by atoms with E-state index >= 15 is 0 Å². The maximum atomic E-state index is 13.0. The minimum Gasteiger partial charge on any atom is -0.491 e. The van der Waals surface area contributed by atoms with Crippen LogP contribution in [-0.2, 0) is 34.4 Å². The molecule has 0 aromatic heterocycles. The normalized spacial score (nSPS) is 14.9. The van der Waals surface area contributed by atoms with E-state index in [4.69, 9.17) is 9.47 Å². The fourth-order valence-electron chi connectivity index (χ4n) is 2.88. The number of ether oxygens (including phenoxy) is 2. The van der Waals surface area contributed by atoms with Gasteiger partial charge in [-0.3, -0.25) is 4.79 Å². The predicted molar refractivity (Wildman–Crippen MR) is 106 cm³/mol. The fourth-order valence-corrected chi connectivity index (χ4v) is 2.88. The van der Waals surface area contributed by atoms with E-state index < -0.39 is 17.7 Å². The molecule has 1 aliphatic rings. The van der Waals surface area contributed by atoms with Crippen LogP contribution in [0.4, 0.5) is 4.79 Å². The monoisotopic (exact) mass is 442 g/mol. The summed E-state index contributed by atoms with van der Waals surface area (Å²) < 4.78 is 10.8. The highest BCUT2D eigenvalue weighted by Crippen LogP contribution is 2.23. The van der Waals surface area contributed by atoms with E-state index in [9.17, 15) is 9.59 Å². The van der Waals surface area contributed by atoms with E-state index in [1.165, 1.54) is 7.11 Å². The second-order valence-electron chi connectivity index (χ2n) is 7.72. The Morgan fingerprint density at radius 3 is 2.32 bits per heavy atom. The Balaban J connectivity index is 1.95. The van der Waals surface area contributed by atoms with E-state index in [1.54, 1.807) is 49.9 Å². The molecule has 1 aromatic carbocycles. The van der Waals surface area contributed by atoms with Crippen LogP contribution >= 0.6 is 0 Å². The molecule has 0 saturated carbocycles. The van der Waals surface area contributed by atoms with Gasteiger partial charge in [0, 0.05) is 13.1 Å². The van der Waals surface area contributed by atoms with Gasteiger partial charge in [0.15, 0.2) is 0 Å². The molecule has 1 unspecified atom stereocenters. The zero-order valence-corrected chi connectivity index (χ0v) is 18.3. The van der Waals surface area contributed by atoms with E-state index in [0.29, 0.717) is 24.4 Å². The average Bonchev–Trinajstić information content (AvgIpc) is 3.25. The summed E-state index contributed by atoms with van der Waals surface area (Å²) >= 11 is 0. The molecular weight excluding hydrogens is 412 g/mol. The Morgan fingerprint density at radius 2 is 1.71 bits per heavy atom. The molecule has 2 amide bonds. The van der Waals surface area contributed by atoms with Gasteiger partial charge in [-0.1, -0.05) is 12.1 Å². The summed E-state index contributed by atoms with van der Waals surface area (Å²) in [7, 11) is 1.24. The van der Waals surface area contributed by atoms with Crippen molar-refractivity contribution >= 4 is 12.0 Å². The van der Waals surface area contributed by atoms with Crippen molar-refractivity contribution < 1.29 is 44.0 Å². The molecule has 174 valence electrons.